The molecule has 254 valence electrons. The summed E-state index contributed by atoms with van der Waals surface area (Å²) in [4.78, 5) is 12.3. The molecule has 5 aliphatic rings. The van der Waals surface area contributed by atoms with Crippen LogP contribution in [0.3, 0.4) is 0 Å². The Kier molecular flexibility index (Phi) is 10.4. The van der Waals surface area contributed by atoms with Crippen molar-refractivity contribution in [2.75, 3.05) is 18.9 Å². The third-order valence-corrected chi connectivity index (χ3v) is 13.8. The first-order valence-corrected chi connectivity index (χ1v) is 18.5. The quantitative estimate of drug-likeness (QED) is 0.152. The minimum absolute atomic E-state index is 0.0707. The number of aliphatic hydroxyl groups excluding tert-OH is 4. The van der Waals surface area contributed by atoms with Gasteiger partial charge in [0.15, 0.2) is 6.29 Å². The zero-order valence-corrected chi connectivity index (χ0v) is 27.3. The van der Waals surface area contributed by atoms with Gasteiger partial charge in [-0.2, -0.15) is 8.42 Å². The molecule has 14 atom stereocenters. The minimum atomic E-state index is -4.08. The molecule has 44 heavy (non-hydrogen) atoms. The number of aliphatic hydroxyl groups is 4. The van der Waals surface area contributed by atoms with Crippen molar-refractivity contribution < 1.29 is 47.7 Å². The molecule has 12 heteroatoms. The van der Waals surface area contributed by atoms with Gasteiger partial charge < -0.3 is 35.2 Å². The molecule has 0 aromatic heterocycles. The van der Waals surface area contributed by atoms with Crippen LogP contribution in [0.2, 0.25) is 0 Å². The summed E-state index contributed by atoms with van der Waals surface area (Å²) in [5, 5.41) is 43.0. The predicted molar refractivity (Wildman–Crippen MR) is 162 cm³/mol. The van der Waals surface area contributed by atoms with E-state index in [0.717, 1.165) is 32.1 Å². The molecule has 0 unspecified atom stereocenters. The molecule has 4 saturated carbocycles. The number of hydrogen-bond acceptors (Lipinski definition) is 9. The highest BCUT2D eigenvalue weighted by Crippen LogP contribution is 2.68. The second kappa shape index (κ2) is 13.3. The van der Waals surface area contributed by atoms with Crippen LogP contribution in [-0.4, -0.2) is 95.0 Å². The van der Waals surface area contributed by atoms with E-state index in [4.69, 9.17) is 14.0 Å². The molecule has 0 aromatic rings. The van der Waals surface area contributed by atoms with Crippen molar-refractivity contribution in [1.82, 2.24) is 5.32 Å². The zero-order valence-electron chi connectivity index (χ0n) is 26.5. The summed E-state index contributed by atoms with van der Waals surface area (Å²) in [7, 11) is -4.08. The van der Waals surface area contributed by atoms with Crippen molar-refractivity contribution in [2.24, 2.45) is 46.3 Å². The van der Waals surface area contributed by atoms with Crippen LogP contribution in [-0.2, 0) is 24.4 Å². The summed E-state index contributed by atoms with van der Waals surface area (Å²) in [6, 6.07) is 0. The van der Waals surface area contributed by atoms with Crippen molar-refractivity contribution in [3.63, 3.8) is 0 Å². The Morgan fingerprint density at radius 2 is 1.68 bits per heavy atom. The topological polar surface area (TPSA) is 183 Å². The zero-order chi connectivity index (χ0) is 32.0. The first-order chi connectivity index (χ1) is 20.7. The second-order valence-electron chi connectivity index (χ2n) is 15.3. The van der Waals surface area contributed by atoms with E-state index in [0.29, 0.717) is 41.9 Å². The maximum atomic E-state index is 12.3. The number of fused-ring (bicyclic) bond motifs is 5. The van der Waals surface area contributed by atoms with E-state index in [9.17, 15) is 33.6 Å². The Labute approximate surface area is 262 Å². The van der Waals surface area contributed by atoms with Crippen molar-refractivity contribution >= 4 is 16.0 Å². The standard InChI is InChI=1S/C32H55NO10S/c1-18(4-9-26(35)33-14-15-44(39,40)41)22-7-8-23-21-6-5-19-16-20(10-12-31(19,2)24(21)11-13-32(22,23)3)42-30-29(38)28(37)27(36)25(17-34)43-30/h18-25,27-30,34,36-38H,4-17H2,1-3H3,(H,33,35)(H,39,40,41)/t18-,19-,20-,21+,22-,23+,24+,25-,27-,28+,29-,30-,31+,32-/m1/s1. The van der Waals surface area contributed by atoms with Crippen molar-refractivity contribution in [1.29, 1.82) is 0 Å². The van der Waals surface area contributed by atoms with Gasteiger partial charge in [0.25, 0.3) is 10.1 Å². The highest BCUT2D eigenvalue weighted by molar-refractivity contribution is 7.85. The van der Waals surface area contributed by atoms with Crippen LogP contribution in [0.15, 0.2) is 0 Å². The number of carbonyl (C=O) groups is 1. The van der Waals surface area contributed by atoms with Gasteiger partial charge in [-0.3, -0.25) is 9.35 Å². The van der Waals surface area contributed by atoms with E-state index < -0.39 is 53.2 Å². The number of nitrogens with one attached hydrogen (secondary N) is 1. The predicted octanol–water partition coefficient (Wildman–Crippen LogP) is 2.25. The average Bonchev–Trinajstić information content (AvgIpc) is 3.33. The molecule has 1 aliphatic heterocycles. The Bertz CT molecular complexity index is 1120. The lowest BCUT2D eigenvalue weighted by atomic mass is 9.44. The molecular formula is C32H55NO10S. The van der Waals surface area contributed by atoms with Crippen molar-refractivity contribution in [3.8, 4) is 0 Å². The molecule has 0 bridgehead atoms. The fourth-order valence-electron chi connectivity index (χ4n) is 10.7. The first-order valence-electron chi connectivity index (χ1n) is 16.9. The average molecular weight is 646 g/mol. The van der Waals surface area contributed by atoms with Gasteiger partial charge >= 0.3 is 0 Å². The lowest BCUT2D eigenvalue weighted by Crippen LogP contribution is -2.60. The van der Waals surface area contributed by atoms with Crippen LogP contribution < -0.4 is 5.32 Å². The SMILES string of the molecule is C[C@H](CCC(=O)NCCS(=O)(=O)O)[C@H]1CC[C@H]2[C@@H]3CC[C@@H]4C[C@H](O[C@@H]5O[C@H](CO)[C@@H](O)[C@H](O)[C@H]5O)CC[C@]4(C)[C@H]3CC[C@]12C. The van der Waals surface area contributed by atoms with Gasteiger partial charge in [-0.15, -0.1) is 0 Å². The fraction of sp³-hybridized carbons (Fsp3) is 0.969. The molecule has 0 radical (unpaired) electrons. The summed E-state index contributed by atoms with van der Waals surface area (Å²) in [6.07, 6.45) is 4.73. The minimum Gasteiger partial charge on any atom is -0.394 e. The third kappa shape index (κ3) is 6.74. The van der Waals surface area contributed by atoms with Gasteiger partial charge in [-0.05, 0) is 111 Å². The fourth-order valence-corrected chi connectivity index (χ4v) is 11.0. The Balaban J connectivity index is 1.16. The van der Waals surface area contributed by atoms with Gasteiger partial charge in [-0.1, -0.05) is 20.8 Å². The molecular weight excluding hydrogens is 590 g/mol. The Morgan fingerprint density at radius 3 is 2.39 bits per heavy atom. The van der Waals surface area contributed by atoms with Gasteiger partial charge in [0.05, 0.1) is 18.5 Å². The largest absolute Gasteiger partial charge is 0.394 e. The number of rotatable bonds is 10. The van der Waals surface area contributed by atoms with E-state index in [2.05, 4.69) is 26.1 Å². The number of amides is 1. The Morgan fingerprint density at radius 1 is 0.977 bits per heavy atom. The molecule has 5 fully saturated rings. The smallest absolute Gasteiger partial charge is 0.266 e. The molecule has 1 saturated heterocycles. The first kappa shape index (κ1) is 34.5. The van der Waals surface area contributed by atoms with Crippen LogP contribution in [0.4, 0.5) is 0 Å². The molecule has 6 N–H and O–H groups in total. The van der Waals surface area contributed by atoms with E-state index in [1.807, 2.05) is 0 Å². The summed E-state index contributed by atoms with van der Waals surface area (Å²) in [5.41, 5.74) is 0.484. The third-order valence-electron chi connectivity index (χ3n) is 13.1. The molecule has 1 amide bonds. The molecule has 11 nitrogen and oxygen atoms in total. The maximum Gasteiger partial charge on any atom is 0.266 e. The molecule has 0 spiro atoms. The normalized spacial score (nSPS) is 46.4. The molecule has 0 aromatic carbocycles. The second-order valence-corrected chi connectivity index (χ2v) is 16.8. The molecule has 5 rings (SSSR count). The number of ether oxygens (including phenoxy) is 2. The van der Waals surface area contributed by atoms with E-state index in [1.165, 1.54) is 32.1 Å². The van der Waals surface area contributed by atoms with Crippen LogP contribution in [0.25, 0.3) is 0 Å². The summed E-state index contributed by atoms with van der Waals surface area (Å²) in [5.74, 6) is 2.87. The summed E-state index contributed by atoms with van der Waals surface area (Å²) in [6.45, 7) is 6.71. The van der Waals surface area contributed by atoms with Gasteiger partial charge in [0.2, 0.25) is 5.91 Å². The van der Waals surface area contributed by atoms with E-state index >= 15 is 0 Å². The summed E-state index contributed by atoms with van der Waals surface area (Å²) < 4.78 is 42.6. The lowest BCUT2D eigenvalue weighted by Gasteiger charge is -2.61. The van der Waals surface area contributed by atoms with Gasteiger partial charge in [0.1, 0.15) is 24.4 Å². The monoisotopic (exact) mass is 645 g/mol. The molecule has 1 heterocycles. The van der Waals surface area contributed by atoms with Gasteiger partial charge in [-0.25, -0.2) is 0 Å². The maximum absolute atomic E-state index is 12.3. The van der Waals surface area contributed by atoms with Crippen LogP contribution >= 0.6 is 0 Å². The lowest BCUT2D eigenvalue weighted by molar-refractivity contribution is -0.316. The van der Waals surface area contributed by atoms with Crippen molar-refractivity contribution in [2.45, 2.75) is 128 Å². The van der Waals surface area contributed by atoms with Crippen LogP contribution in [0.5, 0.6) is 0 Å². The van der Waals surface area contributed by atoms with Crippen molar-refractivity contribution in [3.05, 3.63) is 0 Å². The van der Waals surface area contributed by atoms with E-state index in [1.54, 1.807) is 0 Å². The molecule has 4 aliphatic carbocycles. The highest BCUT2D eigenvalue weighted by atomic mass is 32.2. The summed E-state index contributed by atoms with van der Waals surface area (Å²) >= 11 is 0. The van der Waals surface area contributed by atoms with Crippen LogP contribution in [0, 0.1) is 46.3 Å². The highest BCUT2D eigenvalue weighted by Gasteiger charge is 2.61. The van der Waals surface area contributed by atoms with Gasteiger partial charge in [0, 0.05) is 13.0 Å². The number of carbonyl (C=O) groups excluding carboxylic acids is 1. The van der Waals surface area contributed by atoms with Crippen LogP contribution in [0.1, 0.15) is 91.4 Å². The Hall–Kier alpha value is -0.860. The van der Waals surface area contributed by atoms with E-state index in [-0.39, 0.29) is 29.4 Å². The number of hydrogen-bond donors (Lipinski definition) is 6.